The monoisotopic (exact) mass is 334 g/mol. The molecular weight excluding hydrogens is 304 g/mol. The van der Waals surface area contributed by atoms with Crippen molar-refractivity contribution in [3.63, 3.8) is 0 Å². The third-order valence-electron chi connectivity index (χ3n) is 6.67. The van der Waals surface area contributed by atoms with Gasteiger partial charge in [-0.25, -0.2) is 9.97 Å². The van der Waals surface area contributed by atoms with E-state index in [4.69, 9.17) is 9.97 Å². The predicted molar refractivity (Wildman–Crippen MR) is 103 cm³/mol. The first-order chi connectivity index (χ1) is 11.7. The van der Waals surface area contributed by atoms with Crippen LogP contribution in [0.3, 0.4) is 0 Å². The molecule has 1 saturated carbocycles. The van der Waals surface area contributed by atoms with Crippen molar-refractivity contribution in [2.45, 2.75) is 83.5 Å². The average molecular weight is 335 g/mol. The summed E-state index contributed by atoms with van der Waals surface area (Å²) in [4.78, 5) is 9.39. The molecule has 2 aliphatic rings. The molecule has 1 aromatic heterocycles. The highest BCUT2D eigenvalue weighted by Gasteiger charge is 2.50. The Hall–Kier alpha value is -1.70. The molecule has 1 aromatic carbocycles. The molecule has 2 aromatic rings. The average Bonchev–Trinajstić information content (AvgIpc) is 3.34. The molecule has 2 nitrogen and oxygen atoms in total. The summed E-state index contributed by atoms with van der Waals surface area (Å²) < 4.78 is 0. The Morgan fingerprint density at radius 2 is 1.24 bits per heavy atom. The molecule has 1 heterocycles. The summed E-state index contributed by atoms with van der Waals surface area (Å²) in [5.74, 6) is 1.01. The molecule has 0 spiro atoms. The van der Waals surface area contributed by atoms with Crippen LogP contribution in [-0.4, -0.2) is 9.97 Å². The Bertz CT molecular complexity index is 824. The largest absolute Gasteiger partial charge is 0.240 e. The van der Waals surface area contributed by atoms with Crippen LogP contribution < -0.4 is 0 Å². The number of fused-ring (bicyclic) bond motifs is 1. The van der Waals surface area contributed by atoms with Gasteiger partial charge in [-0.15, -0.1) is 0 Å². The van der Waals surface area contributed by atoms with Gasteiger partial charge in [0.1, 0.15) is 5.82 Å². The fourth-order valence-corrected chi connectivity index (χ4v) is 4.62. The molecule has 2 aliphatic carbocycles. The Balaban J connectivity index is 1.89. The van der Waals surface area contributed by atoms with Gasteiger partial charge < -0.3 is 0 Å². The Morgan fingerprint density at radius 1 is 0.720 bits per heavy atom. The lowest BCUT2D eigenvalue weighted by Crippen LogP contribution is -2.34. The molecule has 1 fully saturated rings. The van der Waals surface area contributed by atoms with Crippen LogP contribution in [0.2, 0.25) is 0 Å². The molecule has 0 atom stereocenters. The van der Waals surface area contributed by atoms with Crippen molar-refractivity contribution in [3.05, 3.63) is 58.2 Å². The maximum absolute atomic E-state index is 4.70. The van der Waals surface area contributed by atoms with E-state index < -0.39 is 0 Å². The lowest BCUT2D eigenvalue weighted by Gasteiger charge is -2.42. The van der Waals surface area contributed by atoms with Gasteiger partial charge in [-0.3, -0.25) is 0 Å². The van der Waals surface area contributed by atoms with Crippen molar-refractivity contribution in [2.75, 3.05) is 0 Å². The number of hydrogen-bond acceptors (Lipinski definition) is 2. The Morgan fingerprint density at radius 3 is 1.76 bits per heavy atom. The van der Waals surface area contributed by atoms with Crippen molar-refractivity contribution >= 4 is 0 Å². The lowest BCUT2D eigenvalue weighted by atomic mass is 9.62. The van der Waals surface area contributed by atoms with Gasteiger partial charge in [0.15, 0.2) is 0 Å². The lowest BCUT2D eigenvalue weighted by molar-refractivity contribution is 0.331. The second-order valence-electron chi connectivity index (χ2n) is 9.65. The molecule has 0 aliphatic heterocycles. The summed E-state index contributed by atoms with van der Waals surface area (Å²) in [6.07, 6.45) is 8.77. The molecule has 0 radical (unpaired) electrons. The van der Waals surface area contributed by atoms with E-state index in [2.05, 4.69) is 53.7 Å². The highest BCUT2D eigenvalue weighted by molar-refractivity contribution is 5.53. The van der Waals surface area contributed by atoms with Gasteiger partial charge in [0.25, 0.3) is 0 Å². The van der Waals surface area contributed by atoms with Crippen molar-refractivity contribution in [1.82, 2.24) is 9.97 Å². The summed E-state index contributed by atoms with van der Waals surface area (Å²) >= 11 is 0. The minimum absolute atomic E-state index is 0.0461. The molecule has 0 unspecified atom stereocenters. The Kier molecular flexibility index (Phi) is 3.45. The van der Waals surface area contributed by atoms with Crippen LogP contribution in [0, 0.1) is 13.8 Å². The van der Waals surface area contributed by atoms with Gasteiger partial charge in [0.2, 0.25) is 0 Å². The molecule has 132 valence electrons. The molecular formula is C23H30N2. The van der Waals surface area contributed by atoms with Crippen LogP contribution in [0.25, 0.3) is 0 Å². The van der Waals surface area contributed by atoms with Gasteiger partial charge in [0, 0.05) is 12.4 Å². The number of nitrogens with zero attached hydrogens (tertiary/aromatic N) is 2. The van der Waals surface area contributed by atoms with Gasteiger partial charge in [-0.2, -0.15) is 0 Å². The SMILES string of the molecule is Cc1cnc(C2(c3cc4c(cc3C)C(C)(C)CCC4(C)C)CC2)nc1. The van der Waals surface area contributed by atoms with Crippen molar-refractivity contribution in [2.24, 2.45) is 0 Å². The van der Waals surface area contributed by atoms with E-state index in [1.54, 1.807) is 11.1 Å². The predicted octanol–water partition coefficient (Wildman–Crippen LogP) is 5.52. The number of benzene rings is 1. The maximum atomic E-state index is 4.70. The van der Waals surface area contributed by atoms with E-state index in [1.807, 2.05) is 12.4 Å². The van der Waals surface area contributed by atoms with Gasteiger partial charge in [-0.1, -0.05) is 39.8 Å². The van der Waals surface area contributed by atoms with Crippen LogP contribution in [-0.2, 0) is 16.2 Å². The third kappa shape index (κ3) is 2.53. The fraction of sp³-hybridized carbons (Fsp3) is 0.565. The highest BCUT2D eigenvalue weighted by Crippen LogP contribution is 2.55. The summed E-state index contributed by atoms with van der Waals surface area (Å²) in [6, 6.07) is 4.99. The van der Waals surface area contributed by atoms with Gasteiger partial charge >= 0.3 is 0 Å². The molecule has 4 rings (SSSR count). The Labute approximate surface area is 152 Å². The second-order valence-corrected chi connectivity index (χ2v) is 9.65. The van der Waals surface area contributed by atoms with E-state index in [0.717, 1.165) is 11.4 Å². The first kappa shape index (κ1) is 16.8. The van der Waals surface area contributed by atoms with Crippen molar-refractivity contribution in [3.8, 4) is 0 Å². The normalized spacial score (nSPS) is 22.3. The topological polar surface area (TPSA) is 25.8 Å². The second kappa shape index (κ2) is 5.16. The molecule has 2 heteroatoms. The van der Waals surface area contributed by atoms with E-state index in [1.165, 1.54) is 36.8 Å². The van der Waals surface area contributed by atoms with E-state index in [9.17, 15) is 0 Å². The van der Waals surface area contributed by atoms with Crippen molar-refractivity contribution in [1.29, 1.82) is 0 Å². The van der Waals surface area contributed by atoms with Crippen LogP contribution in [0.15, 0.2) is 24.5 Å². The molecule has 0 saturated heterocycles. The summed E-state index contributed by atoms with van der Waals surface area (Å²) in [5, 5.41) is 0. The number of rotatable bonds is 2. The smallest absolute Gasteiger partial charge is 0.138 e. The molecule has 0 bridgehead atoms. The first-order valence-corrected chi connectivity index (χ1v) is 9.61. The van der Waals surface area contributed by atoms with Crippen molar-refractivity contribution < 1.29 is 0 Å². The zero-order chi connectivity index (χ0) is 18.0. The summed E-state index contributed by atoms with van der Waals surface area (Å²) in [5.41, 5.74) is 7.65. The van der Waals surface area contributed by atoms with Crippen LogP contribution in [0.1, 0.15) is 87.0 Å². The summed E-state index contributed by atoms with van der Waals surface area (Å²) in [7, 11) is 0. The van der Waals surface area contributed by atoms with Gasteiger partial charge in [-0.05, 0) is 78.2 Å². The summed E-state index contributed by atoms with van der Waals surface area (Å²) in [6.45, 7) is 13.9. The maximum Gasteiger partial charge on any atom is 0.138 e. The molecule has 25 heavy (non-hydrogen) atoms. The third-order valence-corrected chi connectivity index (χ3v) is 6.67. The van der Waals surface area contributed by atoms with Crippen LogP contribution in [0.5, 0.6) is 0 Å². The van der Waals surface area contributed by atoms with Gasteiger partial charge in [0.05, 0.1) is 5.41 Å². The minimum Gasteiger partial charge on any atom is -0.240 e. The zero-order valence-corrected chi connectivity index (χ0v) is 16.5. The minimum atomic E-state index is 0.0461. The molecule has 0 amide bonds. The number of aryl methyl sites for hydroxylation is 2. The van der Waals surface area contributed by atoms with E-state index in [-0.39, 0.29) is 16.2 Å². The zero-order valence-electron chi connectivity index (χ0n) is 16.5. The van der Waals surface area contributed by atoms with E-state index >= 15 is 0 Å². The van der Waals surface area contributed by atoms with E-state index in [0.29, 0.717) is 0 Å². The first-order valence-electron chi connectivity index (χ1n) is 9.61. The highest BCUT2D eigenvalue weighted by atomic mass is 14.9. The fourth-order valence-electron chi connectivity index (χ4n) is 4.62. The number of aromatic nitrogens is 2. The van der Waals surface area contributed by atoms with Crippen LogP contribution >= 0.6 is 0 Å². The standard InChI is InChI=1S/C23H30N2/c1-15-13-24-20(25-14-15)23(9-10-23)17-12-19-18(11-16(17)2)21(3,4)7-8-22(19,5)6/h11-14H,7-10H2,1-6H3. The number of hydrogen-bond donors (Lipinski definition) is 0. The van der Waals surface area contributed by atoms with Crippen LogP contribution in [0.4, 0.5) is 0 Å². The molecule has 0 N–H and O–H groups in total. The quantitative estimate of drug-likeness (QED) is 0.722.